The third kappa shape index (κ3) is 3.52. The summed E-state index contributed by atoms with van der Waals surface area (Å²) in [6.07, 6.45) is -4.88. The van der Waals surface area contributed by atoms with Crippen molar-refractivity contribution in [1.29, 1.82) is 0 Å². The average molecular weight is 430 g/mol. The van der Waals surface area contributed by atoms with Gasteiger partial charge in [0, 0.05) is 28.6 Å². The predicted molar refractivity (Wildman–Crippen MR) is 98.2 cm³/mol. The van der Waals surface area contributed by atoms with Crippen molar-refractivity contribution in [2.45, 2.75) is 34.9 Å². The summed E-state index contributed by atoms with van der Waals surface area (Å²) in [5, 5.41) is 3.74. The van der Waals surface area contributed by atoms with Crippen LogP contribution in [-0.4, -0.2) is 21.1 Å². The molecule has 3 aromatic rings. The fourth-order valence-corrected chi connectivity index (χ4v) is 5.06. The summed E-state index contributed by atoms with van der Waals surface area (Å²) in [4.78, 5) is 0.0287. The average Bonchev–Trinajstić information content (AvgIpc) is 2.99. The second-order valence-electron chi connectivity index (χ2n) is 6.64. The number of hydrogen-bond acceptors (Lipinski definition) is 4. The molecule has 4 rings (SSSR count). The van der Waals surface area contributed by atoms with Gasteiger partial charge < -0.3 is 9.73 Å². The largest absolute Gasteiger partial charge is 0.459 e. The van der Waals surface area contributed by atoms with Gasteiger partial charge in [-0.05, 0) is 36.8 Å². The Balaban J connectivity index is 1.79. The highest BCUT2D eigenvalue weighted by atomic mass is 35.5. The van der Waals surface area contributed by atoms with Crippen molar-refractivity contribution >= 4 is 32.4 Å². The van der Waals surface area contributed by atoms with Gasteiger partial charge in [-0.3, -0.25) is 0 Å². The normalized spacial score (nSPS) is 17.6. The molecule has 0 amide bonds. The van der Waals surface area contributed by atoms with Crippen LogP contribution in [0, 0.1) is 0 Å². The third-order valence-corrected chi connectivity index (χ3v) is 6.71. The molecule has 1 aromatic heterocycles. The van der Waals surface area contributed by atoms with E-state index in [1.807, 2.05) is 0 Å². The lowest BCUT2D eigenvalue weighted by molar-refractivity contribution is -0.141. The van der Waals surface area contributed by atoms with Crippen LogP contribution >= 0.6 is 11.6 Å². The zero-order valence-electron chi connectivity index (χ0n) is 14.4. The first-order valence-corrected chi connectivity index (χ1v) is 10.4. The lowest BCUT2D eigenvalue weighted by Crippen LogP contribution is -2.32. The molecular weight excluding hydrogens is 415 g/mol. The van der Waals surface area contributed by atoms with Crippen LogP contribution < -0.4 is 5.32 Å². The van der Waals surface area contributed by atoms with E-state index in [0.717, 1.165) is 0 Å². The number of furan rings is 1. The number of fused-ring (bicyclic) bond motifs is 3. The summed E-state index contributed by atoms with van der Waals surface area (Å²) in [5.41, 5.74) is 0.943. The molecule has 2 aromatic carbocycles. The van der Waals surface area contributed by atoms with Gasteiger partial charge in [-0.25, -0.2) is 8.42 Å². The van der Waals surface area contributed by atoms with Crippen LogP contribution in [0.25, 0.3) is 11.0 Å². The maximum Gasteiger partial charge on any atom is 0.391 e. The van der Waals surface area contributed by atoms with Gasteiger partial charge in [-0.15, -0.1) is 0 Å². The first-order valence-electron chi connectivity index (χ1n) is 8.51. The highest BCUT2D eigenvalue weighted by Gasteiger charge is 2.37. The smallest absolute Gasteiger partial charge is 0.391 e. The molecule has 0 fully saturated rings. The molecule has 0 spiro atoms. The van der Waals surface area contributed by atoms with Crippen molar-refractivity contribution in [2.24, 2.45) is 0 Å². The molecule has 0 saturated carbocycles. The minimum absolute atomic E-state index is 0.00584. The molecule has 148 valence electrons. The molecule has 28 heavy (non-hydrogen) atoms. The molecule has 0 bridgehead atoms. The Hall–Kier alpha value is -2.03. The summed E-state index contributed by atoms with van der Waals surface area (Å²) < 4.78 is 70.0. The molecule has 0 saturated heterocycles. The van der Waals surface area contributed by atoms with Gasteiger partial charge in [0.05, 0.1) is 22.3 Å². The first-order chi connectivity index (χ1) is 13.1. The Morgan fingerprint density at radius 3 is 2.61 bits per heavy atom. The topological polar surface area (TPSA) is 59.3 Å². The van der Waals surface area contributed by atoms with Crippen molar-refractivity contribution in [2.75, 3.05) is 6.54 Å². The third-order valence-electron chi connectivity index (χ3n) is 4.73. The van der Waals surface area contributed by atoms with Crippen molar-refractivity contribution in [1.82, 2.24) is 5.32 Å². The minimum atomic E-state index is -4.34. The predicted octanol–water partition coefficient (Wildman–Crippen LogP) is 5.06. The monoisotopic (exact) mass is 429 g/mol. The van der Waals surface area contributed by atoms with Gasteiger partial charge in [0.15, 0.2) is 0 Å². The Morgan fingerprint density at radius 2 is 1.89 bits per heavy atom. The van der Waals surface area contributed by atoms with Crippen LogP contribution in [0.5, 0.6) is 0 Å². The van der Waals surface area contributed by atoms with Crippen LogP contribution in [0.4, 0.5) is 13.2 Å². The molecule has 2 heterocycles. The van der Waals surface area contributed by atoms with Gasteiger partial charge in [0.25, 0.3) is 0 Å². The molecule has 4 nitrogen and oxygen atoms in total. The van der Waals surface area contributed by atoms with Crippen LogP contribution in [0.3, 0.4) is 0 Å². The number of benzene rings is 2. The Morgan fingerprint density at radius 1 is 1.14 bits per heavy atom. The van der Waals surface area contributed by atoms with E-state index in [2.05, 4.69) is 5.32 Å². The number of nitrogens with one attached hydrogen (secondary N) is 1. The lowest BCUT2D eigenvalue weighted by atomic mass is 9.98. The van der Waals surface area contributed by atoms with Gasteiger partial charge in [0.2, 0.25) is 9.84 Å². The maximum atomic E-state index is 12.9. The number of hydrogen-bond donors (Lipinski definition) is 1. The summed E-state index contributed by atoms with van der Waals surface area (Å²) in [7, 11) is -3.84. The maximum absolute atomic E-state index is 12.9. The second-order valence-corrected chi connectivity index (χ2v) is 9.03. The van der Waals surface area contributed by atoms with E-state index < -0.39 is 28.5 Å². The molecule has 1 N–H and O–H groups in total. The zero-order valence-corrected chi connectivity index (χ0v) is 16.0. The number of alkyl halides is 3. The Kier molecular flexibility index (Phi) is 4.68. The zero-order chi connectivity index (χ0) is 20.1. The van der Waals surface area contributed by atoms with E-state index in [4.69, 9.17) is 16.0 Å². The van der Waals surface area contributed by atoms with Crippen LogP contribution in [0.15, 0.2) is 56.7 Å². The van der Waals surface area contributed by atoms with Crippen LogP contribution in [-0.2, 0) is 16.3 Å². The highest BCUT2D eigenvalue weighted by molar-refractivity contribution is 7.91. The quantitative estimate of drug-likeness (QED) is 0.632. The van der Waals surface area contributed by atoms with E-state index in [9.17, 15) is 21.6 Å². The van der Waals surface area contributed by atoms with Crippen molar-refractivity contribution in [3.8, 4) is 0 Å². The van der Waals surface area contributed by atoms with E-state index >= 15 is 0 Å². The molecule has 1 atom stereocenters. The van der Waals surface area contributed by atoms with Crippen molar-refractivity contribution in [3.05, 3.63) is 58.8 Å². The Bertz CT molecular complexity index is 1150. The summed E-state index contributed by atoms with van der Waals surface area (Å²) in [6, 6.07) is 9.28. The second kappa shape index (κ2) is 6.79. The fourth-order valence-electron chi connectivity index (χ4n) is 3.49. The van der Waals surface area contributed by atoms with Crippen LogP contribution in [0.2, 0.25) is 5.02 Å². The summed E-state index contributed by atoms with van der Waals surface area (Å²) in [5.74, 6) is 0.218. The van der Waals surface area contributed by atoms with Crippen molar-refractivity contribution in [3.63, 3.8) is 0 Å². The van der Waals surface area contributed by atoms with Crippen molar-refractivity contribution < 1.29 is 26.0 Å². The SMILES string of the molecule is O=S(=O)(c1cccc(Cl)c1)c1ccc2c3c(oc2c1)C(CC(F)(F)F)NCC3. The summed E-state index contributed by atoms with van der Waals surface area (Å²) in [6.45, 7) is 0.394. The lowest BCUT2D eigenvalue weighted by Gasteiger charge is -2.23. The number of sulfone groups is 1. The molecule has 0 radical (unpaired) electrons. The van der Waals surface area contributed by atoms with E-state index in [1.165, 1.54) is 30.3 Å². The first kappa shape index (κ1) is 19.3. The molecule has 9 heteroatoms. The molecule has 1 unspecified atom stereocenters. The molecule has 1 aliphatic rings. The highest BCUT2D eigenvalue weighted by Crippen LogP contribution is 2.39. The number of rotatable bonds is 3. The molecule has 1 aliphatic heterocycles. The van der Waals surface area contributed by atoms with E-state index in [0.29, 0.717) is 23.9 Å². The van der Waals surface area contributed by atoms with Gasteiger partial charge >= 0.3 is 6.18 Å². The standard InChI is InChI=1S/C19H15ClF3NO3S/c20-11-2-1-3-12(8-11)28(25,26)13-4-5-14-15-6-7-24-16(10-19(21,22)23)18(15)27-17(14)9-13/h1-5,8-9,16,24H,6-7,10H2. The number of halogens is 4. The molecular formula is C19H15ClF3NO3S. The van der Waals surface area contributed by atoms with E-state index in [1.54, 1.807) is 12.1 Å². The van der Waals surface area contributed by atoms with E-state index in [-0.39, 0.29) is 26.2 Å². The Labute approximate surface area is 164 Å². The molecule has 0 aliphatic carbocycles. The van der Waals surface area contributed by atoms with Gasteiger partial charge in [0.1, 0.15) is 11.3 Å². The van der Waals surface area contributed by atoms with Gasteiger partial charge in [-0.2, -0.15) is 13.2 Å². The summed E-state index contributed by atoms with van der Waals surface area (Å²) >= 11 is 5.89. The minimum Gasteiger partial charge on any atom is -0.459 e. The fraction of sp³-hybridized carbons (Fsp3) is 0.263. The van der Waals surface area contributed by atoms with Crippen LogP contribution in [0.1, 0.15) is 23.8 Å². The van der Waals surface area contributed by atoms with Gasteiger partial charge in [-0.1, -0.05) is 17.7 Å².